The molecule has 0 fully saturated rings. The predicted octanol–water partition coefficient (Wildman–Crippen LogP) is 5.63. The van der Waals surface area contributed by atoms with Crippen molar-refractivity contribution in [1.29, 1.82) is 0 Å². The zero-order valence-electron chi connectivity index (χ0n) is 15.1. The number of imidazole rings is 1. The number of benzene rings is 1. The van der Waals surface area contributed by atoms with E-state index in [9.17, 15) is 4.79 Å². The number of hydrogen-bond acceptors (Lipinski definition) is 2. The number of hydrogen-bond donors (Lipinski definition) is 2. The number of carbonyl (C=O) groups is 1. The monoisotopic (exact) mass is 381 g/mol. The number of carbonyl (C=O) groups excluding carboxylic acids is 1. The zero-order valence-corrected chi connectivity index (χ0v) is 16.6. The van der Waals surface area contributed by atoms with Crippen LogP contribution in [-0.2, 0) is 4.79 Å². The number of nitrogens with zero attached hydrogens (tertiary/aromatic N) is 1. The van der Waals surface area contributed by atoms with Crippen LogP contribution in [0.5, 0.6) is 0 Å². The van der Waals surface area contributed by atoms with Crippen LogP contribution in [0.3, 0.4) is 0 Å². The summed E-state index contributed by atoms with van der Waals surface area (Å²) in [5.74, 6) is 1.53. The van der Waals surface area contributed by atoms with Crippen LogP contribution >= 0.6 is 23.2 Å². The molecule has 6 heteroatoms. The van der Waals surface area contributed by atoms with Gasteiger partial charge in [0.1, 0.15) is 5.82 Å². The Labute approximate surface area is 159 Å². The van der Waals surface area contributed by atoms with Crippen LogP contribution in [0.1, 0.15) is 52.4 Å². The van der Waals surface area contributed by atoms with Crippen LogP contribution in [0, 0.1) is 11.8 Å². The Morgan fingerprint density at radius 1 is 1.20 bits per heavy atom. The molecule has 2 aromatic rings. The third-order valence-corrected chi connectivity index (χ3v) is 4.79. The minimum atomic E-state index is -0.156. The van der Waals surface area contributed by atoms with Gasteiger partial charge in [0.05, 0.1) is 28.0 Å². The summed E-state index contributed by atoms with van der Waals surface area (Å²) in [5, 5.41) is 4.11. The van der Waals surface area contributed by atoms with Crippen LogP contribution in [0.15, 0.2) is 24.4 Å². The van der Waals surface area contributed by atoms with Crippen molar-refractivity contribution < 1.29 is 4.79 Å². The Morgan fingerprint density at radius 2 is 1.92 bits per heavy atom. The highest BCUT2D eigenvalue weighted by atomic mass is 35.5. The highest BCUT2D eigenvalue weighted by Gasteiger charge is 2.21. The standard InChI is InChI=1S/C19H25Cl2N3O/c1-11(2)5-8-17(25)24-18(12(3)4)19-22-10-16(23-19)13-6-7-14(20)15(21)9-13/h6-7,9-12,18H,5,8H2,1-4H3,(H,22,23)(H,24,25)/t18-/m0/s1. The van der Waals surface area contributed by atoms with Gasteiger partial charge in [-0.25, -0.2) is 4.98 Å². The topological polar surface area (TPSA) is 57.8 Å². The van der Waals surface area contributed by atoms with Gasteiger partial charge < -0.3 is 10.3 Å². The maximum absolute atomic E-state index is 12.2. The normalized spacial score (nSPS) is 12.6. The molecule has 136 valence electrons. The van der Waals surface area contributed by atoms with Gasteiger partial charge in [-0.15, -0.1) is 0 Å². The van der Waals surface area contributed by atoms with E-state index in [1.54, 1.807) is 18.3 Å². The number of rotatable bonds is 7. The molecule has 0 bridgehead atoms. The smallest absolute Gasteiger partial charge is 0.220 e. The summed E-state index contributed by atoms with van der Waals surface area (Å²) < 4.78 is 0. The van der Waals surface area contributed by atoms with E-state index in [2.05, 4.69) is 43.0 Å². The minimum Gasteiger partial charge on any atom is -0.346 e. The quantitative estimate of drug-likeness (QED) is 0.652. The average Bonchev–Trinajstić information content (AvgIpc) is 3.02. The van der Waals surface area contributed by atoms with Gasteiger partial charge in [0.2, 0.25) is 5.91 Å². The second-order valence-corrected chi connectivity index (χ2v) is 7.85. The van der Waals surface area contributed by atoms with E-state index in [1.165, 1.54) is 0 Å². The van der Waals surface area contributed by atoms with Gasteiger partial charge in [-0.3, -0.25) is 4.79 Å². The molecule has 0 radical (unpaired) electrons. The number of amides is 1. The van der Waals surface area contributed by atoms with Crippen LogP contribution in [0.4, 0.5) is 0 Å². The van der Waals surface area contributed by atoms with Crippen molar-refractivity contribution in [3.8, 4) is 11.3 Å². The second-order valence-electron chi connectivity index (χ2n) is 7.03. The minimum absolute atomic E-state index is 0.0555. The van der Waals surface area contributed by atoms with E-state index in [0.717, 1.165) is 23.5 Å². The molecule has 0 unspecified atom stereocenters. The van der Waals surface area contributed by atoms with Crippen molar-refractivity contribution >= 4 is 29.1 Å². The Morgan fingerprint density at radius 3 is 2.52 bits per heavy atom. The van der Waals surface area contributed by atoms with Crippen molar-refractivity contribution in [2.24, 2.45) is 11.8 Å². The van der Waals surface area contributed by atoms with Crippen molar-refractivity contribution in [2.45, 2.75) is 46.6 Å². The molecule has 2 rings (SSSR count). The lowest BCUT2D eigenvalue weighted by molar-refractivity contribution is -0.122. The molecule has 1 atom stereocenters. The molecule has 4 nitrogen and oxygen atoms in total. The van der Waals surface area contributed by atoms with Crippen molar-refractivity contribution in [3.63, 3.8) is 0 Å². The first-order valence-electron chi connectivity index (χ1n) is 8.57. The van der Waals surface area contributed by atoms with E-state index in [1.807, 2.05) is 6.07 Å². The number of H-pyrrole nitrogens is 1. The van der Waals surface area contributed by atoms with E-state index < -0.39 is 0 Å². The van der Waals surface area contributed by atoms with E-state index in [0.29, 0.717) is 22.4 Å². The maximum Gasteiger partial charge on any atom is 0.220 e. The number of nitrogens with one attached hydrogen (secondary N) is 2. The highest BCUT2D eigenvalue weighted by Crippen LogP contribution is 2.29. The lowest BCUT2D eigenvalue weighted by Crippen LogP contribution is -2.32. The summed E-state index contributed by atoms with van der Waals surface area (Å²) in [6, 6.07) is 5.29. The van der Waals surface area contributed by atoms with E-state index in [4.69, 9.17) is 23.2 Å². The lowest BCUT2D eigenvalue weighted by atomic mass is 10.0. The molecular formula is C19H25Cl2N3O. The molecule has 1 amide bonds. The molecule has 0 aliphatic heterocycles. The molecule has 25 heavy (non-hydrogen) atoms. The molecule has 0 spiro atoms. The predicted molar refractivity (Wildman–Crippen MR) is 104 cm³/mol. The van der Waals surface area contributed by atoms with Gasteiger partial charge in [-0.1, -0.05) is 57.0 Å². The summed E-state index contributed by atoms with van der Waals surface area (Å²) in [6.07, 6.45) is 3.16. The fourth-order valence-electron chi connectivity index (χ4n) is 2.52. The van der Waals surface area contributed by atoms with Crippen molar-refractivity contribution in [3.05, 3.63) is 40.3 Å². The summed E-state index contributed by atoms with van der Waals surface area (Å²) in [4.78, 5) is 20.0. The second kappa shape index (κ2) is 8.72. The fourth-order valence-corrected chi connectivity index (χ4v) is 2.82. The fraction of sp³-hybridized carbons (Fsp3) is 0.474. The first-order chi connectivity index (χ1) is 11.8. The summed E-state index contributed by atoms with van der Waals surface area (Å²) in [5.41, 5.74) is 1.75. The summed E-state index contributed by atoms with van der Waals surface area (Å²) in [7, 11) is 0. The Bertz CT molecular complexity index is 725. The lowest BCUT2D eigenvalue weighted by Gasteiger charge is -2.20. The molecule has 2 N–H and O–H groups in total. The van der Waals surface area contributed by atoms with Crippen LogP contribution in [0.2, 0.25) is 10.0 Å². The average molecular weight is 382 g/mol. The molecule has 1 aromatic heterocycles. The SMILES string of the molecule is CC(C)CCC(=O)N[C@H](c1ncc(-c2ccc(Cl)c(Cl)c2)[nH]1)C(C)C. The first kappa shape index (κ1) is 19.8. The Kier molecular flexibility index (Phi) is 6.91. The van der Waals surface area contributed by atoms with Crippen molar-refractivity contribution in [2.75, 3.05) is 0 Å². The van der Waals surface area contributed by atoms with Crippen molar-refractivity contribution in [1.82, 2.24) is 15.3 Å². The van der Waals surface area contributed by atoms with Gasteiger partial charge >= 0.3 is 0 Å². The van der Waals surface area contributed by atoms with Gasteiger partial charge in [-0.2, -0.15) is 0 Å². The summed E-state index contributed by atoms with van der Waals surface area (Å²) in [6.45, 7) is 8.36. The third kappa shape index (κ3) is 5.48. The van der Waals surface area contributed by atoms with Gasteiger partial charge in [-0.05, 0) is 30.4 Å². The number of aromatic amines is 1. The zero-order chi connectivity index (χ0) is 18.6. The van der Waals surface area contributed by atoms with Crippen LogP contribution in [-0.4, -0.2) is 15.9 Å². The molecule has 1 aromatic carbocycles. The summed E-state index contributed by atoms with van der Waals surface area (Å²) >= 11 is 12.1. The Hall–Kier alpha value is -1.52. The highest BCUT2D eigenvalue weighted by molar-refractivity contribution is 6.42. The molecular weight excluding hydrogens is 357 g/mol. The van der Waals surface area contributed by atoms with Gasteiger partial charge in [0, 0.05) is 12.0 Å². The molecule has 0 saturated carbocycles. The number of halogens is 2. The molecule has 0 aliphatic carbocycles. The van der Waals surface area contributed by atoms with Gasteiger partial charge in [0.25, 0.3) is 0 Å². The Balaban J connectivity index is 2.15. The molecule has 1 heterocycles. The first-order valence-corrected chi connectivity index (χ1v) is 9.33. The van der Waals surface area contributed by atoms with Gasteiger partial charge in [0.15, 0.2) is 0 Å². The molecule has 0 aliphatic rings. The van der Waals surface area contributed by atoms with Crippen LogP contribution in [0.25, 0.3) is 11.3 Å². The largest absolute Gasteiger partial charge is 0.346 e. The molecule has 0 saturated heterocycles. The maximum atomic E-state index is 12.2. The van der Waals surface area contributed by atoms with E-state index in [-0.39, 0.29) is 17.9 Å². The van der Waals surface area contributed by atoms with Crippen LogP contribution < -0.4 is 5.32 Å². The number of aromatic nitrogens is 2. The third-order valence-electron chi connectivity index (χ3n) is 4.05. The van der Waals surface area contributed by atoms with E-state index >= 15 is 0 Å².